The van der Waals surface area contributed by atoms with Gasteiger partial charge in [-0.05, 0) is 42.0 Å². The van der Waals surface area contributed by atoms with Crippen molar-refractivity contribution in [1.29, 1.82) is 0 Å². The van der Waals surface area contributed by atoms with Crippen LogP contribution in [0.2, 0.25) is 0 Å². The average molecular weight is 431 g/mol. The van der Waals surface area contributed by atoms with E-state index in [4.69, 9.17) is 0 Å². The second kappa shape index (κ2) is 9.36. The number of carbonyl (C=O) groups is 2. The Labute approximate surface area is 177 Å². The Morgan fingerprint density at radius 1 is 1.13 bits per heavy atom. The zero-order valence-electron chi connectivity index (χ0n) is 17.1. The first kappa shape index (κ1) is 21.9. The maximum absolute atomic E-state index is 12.6. The van der Waals surface area contributed by atoms with Crippen molar-refractivity contribution in [3.8, 4) is 0 Å². The van der Waals surface area contributed by atoms with E-state index in [1.54, 1.807) is 38.4 Å². The third-order valence-electron chi connectivity index (χ3n) is 5.20. The Morgan fingerprint density at radius 2 is 1.77 bits per heavy atom. The van der Waals surface area contributed by atoms with Crippen LogP contribution in [0.25, 0.3) is 0 Å². The lowest BCUT2D eigenvalue weighted by molar-refractivity contribution is -0.126. The van der Waals surface area contributed by atoms with Crippen molar-refractivity contribution in [3.05, 3.63) is 54.4 Å². The number of carbonyl (C=O) groups excluding carboxylic acids is 2. The highest BCUT2D eigenvalue weighted by Crippen LogP contribution is 2.27. The summed E-state index contributed by atoms with van der Waals surface area (Å²) in [5.74, 6) is -0.778. The second-order valence-electron chi connectivity index (χ2n) is 7.06. The van der Waals surface area contributed by atoms with Crippen molar-refractivity contribution in [1.82, 2.24) is 14.6 Å². The molecule has 1 N–H and O–H groups in total. The van der Waals surface area contributed by atoms with E-state index < -0.39 is 15.9 Å². The quantitative estimate of drug-likeness (QED) is 0.688. The molecule has 1 aromatic carbocycles. The molecule has 1 aliphatic heterocycles. The highest BCUT2D eigenvalue weighted by atomic mass is 32.2. The lowest BCUT2D eigenvalue weighted by Gasteiger charge is -2.20. The number of anilines is 1. The average Bonchev–Trinajstić information content (AvgIpc) is 3.15. The molecule has 0 saturated carbocycles. The van der Waals surface area contributed by atoms with E-state index in [9.17, 15) is 18.0 Å². The molecule has 2 amide bonds. The first-order chi connectivity index (χ1) is 14.4. The van der Waals surface area contributed by atoms with Crippen molar-refractivity contribution in [2.24, 2.45) is 5.92 Å². The number of aromatic nitrogens is 1. The largest absolute Gasteiger partial charge is 0.352 e. The van der Waals surface area contributed by atoms with E-state index in [2.05, 4.69) is 10.3 Å². The minimum absolute atomic E-state index is 0.127. The van der Waals surface area contributed by atoms with E-state index in [-0.39, 0.29) is 29.7 Å². The number of nitrogens with zero attached hydrogens (tertiary/aromatic N) is 3. The number of amides is 2. The Hall–Kier alpha value is -2.78. The molecule has 9 heteroatoms. The molecule has 1 saturated heterocycles. The topological polar surface area (TPSA) is 99.7 Å². The predicted molar refractivity (Wildman–Crippen MR) is 113 cm³/mol. The molecule has 0 unspecified atom stereocenters. The fourth-order valence-electron chi connectivity index (χ4n) is 3.48. The van der Waals surface area contributed by atoms with Crippen LogP contribution >= 0.6 is 0 Å². The van der Waals surface area contributed by atoms with Gasteiger partial charge in [-0.1, -0.05) is 13.8 Å². The fraction of sp³-hybridized carbons (Fsp3) is 0.381. The van der Waals surface area contributed by atoms with Crippen molar-refractivity contribution in [2.45, 2.75) is 31.7 Å². The molecule has 2 aromatic rings. The third-order valence-corrected chi connectivity index (χ3v) is 7.27. The maximum Gasteiger partial charge on any atom is 0.243 e. The number of rotatable bonds is 8. The maximum atomic E-state index is 12.6. The monoisotopic (exact) mass is 430 g/mol. The molecule has 1 fully saturated rings. The molecule has 0 spiro atoms. The lowest BCUT2D eigenvalue weighted by Crippen LogP contribution is -2.32. The molecular formula is C21H26N4O4S. The van der Waals surface area contributed by atoms with Gasteiger partial charge in [0.15, 0.2) is 0 Å². The molecule has 1 aromatic heterocycles. The summed E-state index contributed by atoms with van der Waals surface area (Å²) < 4.78 is 26.6. The van der Waals surface area contributed by atoms with Crippen LogP contribution in [0.1, 0.15) is 25.8 Å². The standard InChI is InChI=1S/C21H26N4O4S/c1-3-24(4-2)30(28,29)19-7-5-18(6-8-19)25-15-17(13-20(25)26)21(27)23-14-16-9-11-22-12-10-16/h5-12,17H,3-4,13-15H2,1-2H3,(H,23,27)/t17-/m0/s1. The molecule has 8 nitrogen and oxygen atoms in total. The van der Waals surface area contributed by atoms with E-state index in [0.717, 1.165) is 5.56 Å². The Kier molecular flexibility index (Phi) is 6.84. The van der Waals surface area contributed by atoms with Gasteiger partial charge in [-0.15, -0.1) is 0 Å². The van der Waals surface area contributed by atoms with Crippen molar-refractivity contribution >= 4 is 27.5 Å². The van der Waals surface area contributed by atoms with Gasteiger partial charge in [-0.25, -0.2) is 8.42 Å². The summed E-state index contributed by atoms with van der Waals surface area (Å²) in [4.78, 5) is 30.6. The third kappa shape index (κ3) is 4.68. The molecule has 0 radical (unpaired) electrons. The van der Waals surface area contributed by atoms with Gasteiger partial charge in [0.05, 0.1) is 10.8 Å². The van der Waals surface area contributed by atoms with Gasteiger partial charge in [0.2, 0.25) is 21.8 Å². The summed E-state index contributed by atoms with van der Waals surface area (Å²) in [6.07, 6.45) is 3.44. The Bertz CT molecular complexity index is 989. The van der Waals surface area contributed by atoms with Gasteiger partial charge in [0.25, 0.3) is 0 Å². The van der Waals surface area contributed by atoms with Gasteiger partial charge in [-0.2, -0.15) is 4.31 Å². The van der Waals surface area contributed by atoms with E-state index >= 15 is 0 Å². The number of sulfonamides is 1. The molecule has 160 valence electrons. The number of hydrogen-bond acceptors (Lipinski definition) is 5. The first-order valence-corrected chi connectivity index (χ1v) is 11.4. The van der Waals surface area contributed by atoms with Crippen LogP contribution in [0.4, 0.5) is 5.69 Å². The van der Waals surface area contributed by atoms with Crippen molar-refractivity contribution in [2.75, 3.05) is 24.5 Å². The van der Waals surface area contributed by atoms with Crippen LogP contribution in [-0.4, -0.2) is 49.2 Å². The van der Waals surface area contributed by atoms with Gasteiger partial charge in [0, 0.05) is 50.7 Å². The fourth-order valence-corrected chi connectivity index (χ4v) is 4.94. The van der Waals surface area contributed by atoms with Crippen LogP contribution in [0.15, 0.2) is 53.7 Å². The van der Waals surface area contributed by atoms with Gasteiger partial charge in [0.1, 0.15) is 0 Å². The lowest BCUT2D eigenvalue weighted by atomic mass is 10.1. The summed E-state index contributed by atoms with van der Waals surface area (Å²) in [6, 6.07) is 9.89. The highest BCUT2D eigenvalue weighted by molar-refractivity contribution is 7.89. The number of pyridine rings is 1. The molecule has 0 bridgehead atoms. The minimum atomic E-state index is -3.55. The molecular weight excluding hydrogens is 404 g/mol. The summed E-state index contributed by atoms with van der Waals surface area (Å²) in [5, 5.41) is 2.86. The van der Waals surface area contributed by atoms with E-state index in [0.29, 0.717) is 25.3 Å². The van der Waals surface area contributed by atoms with Crippen LogP contribution in [0.5, 0.6) is 0 Å². The molecule has 0 aliphatic carbocycles. The van der Waals surface area contributed by atoms with E-state index in [1.807, 2.05) is 12.1 Å². The number of nitrogens with one attached hydrogen (secondary N) is 1. The zero-order chi connectivity index (χ0) is 21.7. The van der Waals surface area contributed by atoms with Crippen LogP contribution in [0, 0.1) is 5.92 Å². The highest BCUT2D eigenvalue weighted by Gasteiger charge is 2.35. The summed E-state index contributed by atoms with van der Waals surface area (Å²) in [5.41, 5.74) is 1.52. The van der Waals surface area contributed by atoms with Gasteiger partial charge < -0.3 is 10.2 Å². The van der Waals surface area contributed by atoms with Crippen LogP contribution in [-0.2, 0) is 26.2 Å². The van der Waals surface area contributed by atoms with Crippen LogP contribution < -0.4 is 10.2 Å². The molecule has 2 heterocycles. The van der Waals surface area contributed by atoms with Gasteiger partial charge >= 0.3 is 0 Å². The molecule has 1 atom stereocenters. The minimum Gasteiger partial charge on any atom is -0.352 e. The smallest absolute Gasteiger partial charge is 0.243 e. The normalized spacial score (nSPS) is 16.8. The number of hydrogen-bond donors (Lipinski definition) is 1. The summed E-state index contributed by atoms with van der Waals surface area (Å²) >= 11 is 0. The SMILES string of the molecule is CCN(CC)S(=O)(=O)c1ccc(N2C[C@@H](C(=O)NCc3ccncc3)CC2=O)cc1. The molecule has 30 heavy (non-hydrogen) atoms. The predicted octanol–water partition coefficient (Wildman–Crippen LogP) is 1.78. The van der Waals surface area contributed by atoms with Gasteiger partial charge in [-0.3, -0.25) is 14.6 Å². The molecule has 1 aliphatic rings. The second-order valence-corrected chi connectivity index (χ2v) is 9.00. The van der Waals surface area contributed by atoms with E-state index in [1.165, 1.54) is 21.3 Å². The van der Waals surface area contributed by atoms with Crippen molar-refractivity contribution in [3.63, 3.8) is 0 Å². The summed E-state index contributed by atoms with van der Waals surface area (Å²) in [6.45, 7) is 5.01. The Balaban J connectivity index is 1.65. The zero-order valence-corrected chi connectivity index (χ0v) is 17.9. The first-order valence-electron chi connectivity index (χ1n) is 9.94. The van der Waals surface area contributed by atoms with Crippen LogP contribution in [0.3, 0.4) is 0 Å². The summed E-state index contributed by atoms with van der Waals surface area (Å²) in [7, 11) is -3.55. The van der Waals surface area contributed by atoms with Crippen molar-refractivity contribution < 1.29 is 18.0 Å². The Morgan fingerprint density at radius 3 is 2.37 bits per heavy atom. The molecule has 3 rings (SSSR count). The number of benzene rings is 1.